The number of carbonyl (C=O) groups excluding carboxylic acids is 2. The van der Waals surface area contributed by atoms with Crippen LogP contribution in [0.4, 0.5) is 18.3 Å². The summed E-state index contributed by atoms with van der Waals surface area (Å²) in [5, 5.41) is 3.63. The standard InChI is InChI=1S/C15H12ClF3N2O3S.H3N/c16-6-5-12(22)24-11-4-2-1-3-10(11)13(23)21-14-20-9(8-25-14)7-15(17,18)19;/h1-4,8H,5-7H2,(H,20,21,23);1H3. The van der Waals surface area contributed by atoms with E-state index in [0.717, 1.165) is 11.3 Å². The Hall–Kier alpha value is -2.17. The van der Waals surface area contributed by atoms with E-state index in [-0.39, 0.29) is 40.6 Å². The van der Waals surface area contributed by atoms with Gasteiger partial charge in [0.2, 0.25) is 0 Å². The molecule has 0 saturated heterocycles. The molecule has 0 aliphatic rings. The van der Waals surface area contributed by atoms with Gasteiger partial charge >= 0.3 is 12.1 Å². The molecule has 0 radical (unpaired) electrons. The van der Waals surface area contributed by atoms with Gasteiger partial charge in [-0.1, -0.05) is 12.1 Å². The molecule has 0 unspecified atom stereocenters. The number of esters is 1. The van der Waals surface area contributed by atoms with Crippen LogP contribution in [0.5, 0.6) is 5.75 Å². The largest absolute Gasteiger partial charge is 0.426 e. The Balaban J connectivity index is 0.00000338. The molecule has 1 aromatic heterocycles. The highest BCUT2D eigenvalue weighted by atomic mass is 35.5. The third-order valence-corrected chi connectivity index (χ3v) is 3.80. The molecule has 6 nitrogen and oxygen atoms in total. The average molecular weight is 410 g/mol. The van der Waals surface area contributed by atoms with Crippen LogP contribution in [0.3, 0.4) is 0 Å². The fourth-order valence-corrected chi connectivity index (χ4v) is 2.67. The lowest BCUT2D eigenvalue weighted by Crippen LogP contribution is -2.16. The van der Waals surface area contributed by atoms with Gasteiger partial charge in [-0.05, 0) is 12.1 Å². The van der Waals surface area contributed by atoms with Crippen molar-refractivity contribution in [2.24, 2.45) is 0 Å². The van der Waals surface area contributed by atoms with E-state index in [0.29, 0.717) is 0 Å². The summed E-state index contributed by atoms with van der Waals surface area (Å²) in [5.41, 5.74) is -0.132. The SMILES string of the molecule is N.O=C(CCCl)Oc1ccccc1C(=O)Nc1nc(CC(F)(F)F)cs1. The van der Waals surface area contributed by atoms with E-state index in [2.05, 4.69) is 10.3 Å². The number of thiazole rings is 1. The lowest BCUT2D eigenvalue weighted by atomic mass is 10.2. The summed E-state index contributed by atoms with van der Waals surface area (Å²) in [6, 6.07) is 5.98. The molecule has 0 aliphatic carbocycles. The molecule has 26 heavy (non-hydrogen) atoms. The fourth-order valence-electron chi connectivity index (χ4n) is 1.81. The summed E-state index contributed by atoms with van der Waals surface area (Å²) >= 11 is 6.33. The van der Waals surface area contributed by atoms with Gasteiger partial charge in [0.15, 0.2) is 5.13 Å². The minimum Gasteiger partial charge on any atom is -0.426 e. The lowest BCUT2D eigenvalue weighted by Gasteiger charge is -2.09. The first-order chi connectivity index (χ1) is 11.8. The molecule has 4 N–H and O–H groups in total. The molecule has 142 valence electrons. The summed E-state index contributed by atoms with van der Waals surface area (Å²) in [5.74, 6) is -1.14. The number of nitrogens with zero attached hydrogens (tertiary/aromatic N) is 1. The van der Waals surface area contributed by atoms with Crippen LogP contribution in [0.25, 0.3) is 0 Å². The predicted molar refractivity (Wildman–Crippen MR) is 92.3 cm³/mol. The third-order valence-electron chi connectivity index (χ3n) is 2.81. The maximum atomic E-state index is 12.3. The molecular weight excluding hydrogens is 395 g/mol. The summed E-state index contributed by atoms with van der Waals surface area (Å²) in [4.78, 5) is 27.5. The van der Waals surface area contributed by atoms with Crippen molar-refractivity contribution in [1.29, 1.82) is 0 Å². The minimum absolute atomic E-state index is 0. The van der Waals surface area contributed by atoms with E-state index in [4.69, 9.17) is 16.3 Å². The van der Waals surface area contributed by atoms with E-state index in [1.54, 1.807) is 12.1 Å². The van der Waals surface area contributed by atoms with Crippen molar-refractivity contribution in [3.63, 3.8) is 0 Å². The fraction of sp³-hybridized carbons (Fsp3) is 0.267. The number of ether oxygens (including phenoxy) is 1. The van der Waals surface area contributed by atoms with Crippen molar-refractivity contribution in [1.82, 2.24) is 11.1 Å². The van der Waals surface area contributed by atoms with Crippen molar-refractivity contribution in [3.8, 4) is 5.75 Å². The van der Waals surface area contributed by atoms with Gasteiger partial charge in [-0.15, -0.1) is 22.9 Å². The Kier molecular flexibility index (Phi) is 8.00. The van der Waals surface area contributed by atoms with Crippen LogP contribution in [0.1, 0.15) is 22.5 Å². The second-order valence-corrected chi connectivity index (χ2v) is 6.04. The van der Waals surface area contributed by atoms with E-state index >= 15 is 0 Å². The van der Waals surface area contributed by atoms with Gasteiger partial charge in [-0.25, -0.2) is 4.98 Å². The monoisotopic (exact) mass is 409 g/mol. The summed E-state index contributed by atoms with van der Waals surface area (Å²) in [7, 11) is 0. The quantitative estimate of drug-likeness (QED) is 0.423. The Bertz CT molecular complexity index is 768. The Labute approximate surface area is 155 Å². The highest BCUT2D eigenvalue weighted by Gasteiger charge is 2.29. The number of para-hydroxylation sites is 1. The van der Waals surface area contributed by atoms with Crippen LogP contribution in [-0.4, -0.2) is 28.9 Å². The van der Waals surface area contributed by atoms with Gasteiger partial charge in [-0.2, -0.15) is 13.2 Å². The van der Waals surface area contributed by atoms with Crippen molar-refractivity contribution in [3.05, 3.63) is 40.9 Å². The van der Waals surface area contributed by atoms with E-state index in [1.807, 2.05) is 0 Å². The van der Waals surface area contributed by atoms with Crippen molar-refractivity contribution in [2.45, 2.75) is 19.0 Å². The molecule has 2 aromatic rings. The second-order valence-electron chi connectivity index (χ2n) is 4.80. The van der Waals surface area contributed by atoms with Crippen LogP contribution in [0.15, 0.2) is 29.6 Å². The Morgan fingerprint density at radius 1 is 1.27 bits per heavy atom. The molecule has 0 fully saturated rings. The van der Waals surface area contributed by atoms with Gasteiger partial charge in [0.25, 0.3) is 5.91 Å². The van der Waals surface area contributed by atoms with Crippen LogP contribution < -0.4 is 16.2 Å². The maximum Gasteiger partial charge on any atom is 0.394 e. The average Bonchev–Trinajstić information content (AvgIpc) is 2.92. The Morgan fingerprint density at radius 2 is 1.96 bits per heavy atom. The maximum absolute atomic E-state index is 12.3. The van der Waals surface area contributed by atoms with E-state index < -0.39 is 24.5 Å². The number of benzene rings is 1. The Morgan fingerprint density at radius 3 is 2.62 bits per heavy atom. The molecule has 0 bridgehead atoms. The number of hydrogen-bond acceptors (Lipinski definition) is 6. The van der Waals surface area contributed by atoms with E-state index in [9.17, 15) is 22.8 Å². The van der Waals surface area contributed by atoms with Crippen molar-refractivity contribution >= 4 is 39.9 Å². The van der Waals surface area contributed by atoms with Gasteiger partial charge in [0.05, 0.1) is 24.1 Å². The van der Waals surface area contributed by atoms with Crippen LogP contribution in [0, 0.1) is 0 Å². The molecule has 0 saturated carbocycles. The van der Waals surface area contributed by atoms with Gasteiger partial charge in [0, 0.05) is 11.3 Å². The molecule has 1 amide bonds. The molecule has 1 aromatic carbocycles. The molecule has 0 aliphatic heterocycles. The minimum atomic E-state index is -4.38. The van der Waals surface area contributed by atoms with E-state index in [1.165, 1.54) is 17.5 Å². The molecule has 2 rings (SSSR count). The predicted octanol–water partition coefficient (Wildman–Crippen LogP) is 4.20. The molecule has 0 spiro atoms. The van der Waals surface area contributed by atoms with Crippen molar-refractivity contribution < 1.29 is 27.5 Å². The first kappa shape index (κ1) is 21.9. The van der Waals surface area contributed by atoms with Crippen LogP contribution in [0.2, 0.25) is 0 Å². The number of carbonyl (C=O) groups is 2. The number of hydrogen-bond donors (Lipinski definition) is 2. The first-order valence-corrected chi connectivity index (χ1v) is 8.38. The number of nitrogens with one attached hydrogen (secondary N) is 1. The van der Waals surface area contributed by atoms with Crippen molar-refractivity contribution in [2.75, 3.05) is 11.2 Å². The topological polar surface area (TPSA) is 103 Å². The number of aromatic nitrogens is 1. The van der Waals surface area contributed by atoms with Crippen LogP contribution >= 0.6 is 22.9 Å². The smallest absolute Gasteiger partial charge is 0.394 e. The third kappa shape index (κ3) is 6.62. The zero-order valence-electron chi connectivity index (χ0n) is 13.3. The first-order valence-electron chi connectivity index (χ1n) is 6.96. The highest BCUT2D eigenvalue weighted by molar-refractivity contribution is 7.14. The second kappa shape index (κ2) is 9.51. The number of anilines is 1. The zero-order valence-corrected chi connectivity index (χ0v) is 14.9. The molecule has 0 atom stereocenters. The molecule has 1 heterocycles. The number of amides is 1. The van der Waals surface area contributed by atoms with Gasteiger partial charge in [0.1, 0.15) is 5.75 Å². The molecular formula is C15H15ClF3N3O3S. The molecule has 11 heteroatoms. The zero-order chi connectivity index (χ0) is 18.4. The van der Waals surface area contributed by atoms with Gasteiger partial charge in [-0.3, -0.25) is 14.9 Å². The highest BCUT2D eigenvalue weighted by Crippen LogP contribution is 2.25. The summed E-state index contributed by atoms with van der Waals surface area (Å²) in [6.45, 7) is 0. The normalized spacial score (nSPS) is 10.8. The van der Waals surface area contributed by atoms with Gasteiger partial charge < -0.3 is 10.9 Å². The number of rotatable bonds is 6. The summed E-state index contributed by atoms with van der Waals surface area (Å²) < 4.78 is 42.1. The summed E-state index contributed by atoms with van der Waals surface area (Å²) in [6.07, 6.45) is -5.57. The number of alkyl halides is 4. The lowest BCUT2D eigenvalue weighted by molar-refractivity contribution is -0.134. The number of halogens is 4. The van der Waals surface area contributed by atoms with Crippen LogP contribution in [-0.2, 0) is 11.2 Å².